The van der Waals surface area contributed by atoms with Crippen molar-refractivity contribution in [3.8, 4) is 6.07 Å². The SMILES string of the molecule is Cc1ccc(Nc2c(C#N)cnc3cc(/C=C/c4ccncc4)ccc23)c(C)c1. The van der Waals surface area contributed by atoms with Crippen LogP contribution in [0.15, 0.2) is 67.1 Å². The Morgan fingerprint density at radius 1 is 0.931 bits per heavy atom. The Hall–Kier alpha value is -3.97. The zero-order valence-electron chi connectivity index (χ0n) is 16.3. The fourth-order valence-corrected chi connectivity index (χ4v) is 3.29. The highest BCUT2D eigenvalue weighted by Crippen LogP contribution is 2.31. The predicted molar refractivity (Wildman–Crippen MR) is 119 cm³/mol. The van der Waals surface area contributed by atoms with E-state index in [4.69, 9.17) is 0 Å². The Labute approximate surface area is 170 Å². The zero-order chi connectivity index (χ0) is 20.2. The second-order valence-electron chi connectivity index (χ2n) is 6.99. The molecule has 0 fully saturated rings. The average Bonchev–Trinajstić information content (AvgIpc) is 2.75. The second-order valence-corrected chi connectivity index (χ2v) is 6.99. The number of pyridine rings is 2. The van der Waals surface area contributed by atoms with E-state index in [-0.39, 0.29) is 0 Å². The number of hydrogen-bond acceptors (Lipinski definition) is 4. The molecule has 0 unspecified atom stereocenters. The van der Waals surface area contributed by atoms with Crippen molar-refractivity contribution in [2.45, 2.75) is 13.8 Å². The number of anilines is 2. The first-order valence-corrected chi connectivity index (χ1v) is 9.39. The minimum absolute atomic E-state index is 0.526. The van der Waals surface area contributed by atoms with Crippen LogP contribution < -0.4 is 5.32 Å². The third-order valence-corrected chi connectivity index (χ3v) is 4.83. The standard InChI is InChI=1S/C25H20N4/c1-17-3-8-23(18(2)13-17)29-25-21(15-26)16-28-24-14-20(6-7-22(24)25)5-4-19-9-11-27-12-10-19/h3-14,16H,1-2H3,(H,28,29)/b5-4+. The third-order valence-electron chi connectivity index (χ3n) is 4.83. The highest BCUT2D eigenvalue weighted by Gasteiger charge is 2.11. The summed E-state index contributed by atoms with van der Waals surface area (Å²) in [5.41, 5.74) is 7.62. The minimum atomic E-state index is 0.526. The van der Waals surface area contributed by atoms with Crippen molar-refractivity contribution in [3.05, 3.63) is 94.9 Å². The van der Waals surface area contributed by atoms with Gasteiger partial charge in [0, 0.05) is 29.7 Å². The van der Waals surface area contributed by atoms with E-state index in [1.54, 1.807) is 18.6 Å². The van der Waals surface area contributed by atoms with Crippen LogP contribution in [0.25, 0.3) is 23.1 Å². The molecule has 0 bridgehead atoms. The van der Waals surface area contributed by atoms with Gasteiger partial charge in [0.25, 0.3) is 0 Å². The van der Waals surface area contributed by atoms with E-state index in [1.807, 2.05) is 48.6 Å². The maximum absolute atomic E-state index is 9.59. The van der Waals surface area contributed by atoms with Gasteiger partial charge >= 0.3 is 0 Å². The number of benzene rings is 2. The molecule has 0 aliphatic rings. The lowest BCUT2D eigenvalue weighted by atomic mass is 10.0. The summed E-state index contributed by atoms with van der Waals surface area (Å²) >= 11 is 0. The summed E-state index contributed by atoms with van der Waals surface area (Å²) < 4.78 is 0. The van der Waals surface area contributed by atoms with Crippen LogP contribution in [0.1, 0.15) is 27.8 Å². The molecule has 2 heterocycles. The van der Waals surface area contributed by atoms with Gasteiger partial charge in [-0.15, -0.1) is 0 Å². The molecular formula is C25H20N4. The number of aromatic nitrogens is 2. The van der Waals surface area contributed by atoms with E-state index in [1.165, 1.54) is 5.56 Å². The summed E-state index contributed by atoms with van der Waals surface area (Å²) in [4.78, 5) is 8.54. The lowest BCUT2D eigenvalue weighted by Crippen LogP contribution is -1.99. The van der Waals surface area contributed by atoms with Crippen molar-refractivity contribution in [2.24, 2.45) is 0 Å². The number of nitriles is 1. The topological polar surface area (TPSA) is 61.6 Å². The van der Waals surface area contributed by atoms with E-state index < -0.39 is 0 Å². The van der Waals surface area contributed by atoms with Crippen LogP contribution in [0.2, 0.25) is 0 Å². The summed E-state index contributed by atoms with van der Waals surface area (Å²) in [6.45, 7) is 4.13. The highest BCUT2D eigenvalue weighted by molar-refractivity contribution is 5.97. The van der Waals surface area contributed by atoms with E-state index in [0.29, 0.717) is 5.56 Å². The number of rotatable bonds is 4. The van der Waals surface area contributed by atoms with Gasteiger partial charge < -0.3 is 5.32 Å². The second kappa shape index (κ2) is 7.95. The quantitative estimate of drug-likeness (QED) is 0.472. The first-order valence-electron chi connectivity index (χ1n) is 9.39. The molecule has 4 rings (SSSR count). The summed E-state index contributed by atoms with van der Waals surface area (Å²) in [5, 5.41) is 14.0. The lowest BCUT2D eigenvalue weighted by molar-refractivity contribution is 1.32. The van der Waals surface area contributed by atoms with Gasteiger partial charge in [-0.05, 0) is 54.8 Å². The molecule has 0 spiro atoms. The summed E-state index contributed by atoms with van der Waals surface area (Å²) in [5.74, 6) is 0. The van der Waals surface area contributed by atoms with E-state index in [9.17, 15) is 5.26 Å². The van der Waals surface area contributed by atoms with Crippen molar-refractivity contribution in [2.75, 3.05) is 5.32 Å². The number of nitrogens with one attached hydrogen (secondary N) is 1. The molecule has 2 aromatic heterocycles. The number of fused-ring (bicyclic) bond motifs is 1. The molecule has 0 aliphatic heterocycles. The van der Waals surface area contributed by atoms with Gasteiger partial charge in [-0.3, -0.25) is 9.97 Å². The molecule has 1 N–H and O–H groups in total. The Bertz CT molecular complexity index is 1250. The predicted octanol–water partition coefficient (Wildman–Crippen LogP) is 6.03. The van der Waals surface area contributed by atoms with Crippen LogP contribution >= 0.6 is 0 Å². The van der Waals surface area contributed by atoms with Crippen molar-refractivity contribution < 1.29 is 0 Å². The molecule has 2 aromatic carbocycles. The van der Waals surface area contributed by atoms with Gasteiger partial charge in [0.1, 0.15) is 6.07 Å². The highest BCUT2D eigenvalue weighted by atomic mass is 14.9. The summed E-state index contributed by atoms with van der Waals surface area (Å²) in [7, 11) is 0. The van der Waals surface area contributed by atoms with Crippen LogP contribution in [0.5, 0.6) is 0 Å². The van der Waals surface area contributed by atoms with Gasteiger partial charge in [0.05, 0.1) is 16.8 Å². The fraction of sp³-hybridized carbons (Fsp3) is 0.0800. The number of hydrogen-bond donors (Lipinski definition) is 1. The van der Waals surface area contributed by atoms with Gasteiger partial charge in [-0.1, -0.05) is 42.0 Å². The largest absolute Gasteiger partial charge is 0.354 e. The van der Waals surface area contributed by atoms with Crippen molar-refractivity contribution in [1.82, 2.24) is 9.97 Å². The van der Waals surface area contributed by atoms with E-state index >= 15 is 0 Å². The molecule has 4 aromatic rings. The summed E-state index contributed by atoms with van der Waals surface area (Å²) in [6.07, 6.45) is 9.27. The third kappa shape index (κ3) is 3.99. The van der Waals surface area contributed by atoms with Crippen LogP contribution in [-0.2, 0) is 0 Å². The Morgan fingerprint density at radius 2 is 1.72 bits per heavy atom. The Balaban J connectivity index is 1.74. The molecule has 0 saturated carbocycles. The maximum atomic E-state index is 9.59. The molecule has 140 valence electrons. The lowest BCUT2D eigenvalue weighted by Gasteiger charge is -2.14. The van der Waals surface area contributed by atoms with Crippen molar-refractivity contribution in [1.29, 1.82) is 5.26 Å². The maximum Gasteiger partial charge on any atom is 0.103 e. The van der Waals surface area contributed by atoms with Gasteiger partial charge in [0.2, 0.25) is 0 Å². The molecule has 0 saturated heterocycles. The molecule has 29 heavy (non-hydrogen) atoms. The van der Waals surface area contributed by atoms with Gasteiger partial charge in [-0.2, -0.15) is 5.26 Å². The normalized spacial score (nSPS) is 10.9. The van der Waals surface area contributed by atoms with E-state index in [0.717, 1.165) is 39.0 Å². The molecule has 0 amide bonds. The van der Waals surface area contributed by atoms with Crippen molar-refractivity contribution in [3.63, 3.8) is 0 Å². The fourth-order valence-electron chi connectivity index (χ4n) is 3.29. The number of nitrogens with zero attached hydrogens (tertiary/aromatic N) is 3. The first-order chi connectivity index (χ1) is 14.1. The Morgan fingerprint density at radius 3 is 2.48 bits per heavy atom. The van der Waals surface area contributed by atoms with Crippen LogP contribution in [-0.4, -0.2) is 9.97 Å². The molecular weight excluding hydrogens is 356 g/mol. The summed E-state index contributed by atoms with van der Waals surface area (Å²) in [6, 6.07) is 18.5. The molecule has 0 aliphatic carbocycles. The average molecular weight is 376 g/mol. The first kappa shape index (κ1) is 18.4. The number of aryl methyl sites for hydroxylation is 2. The van der Waals surface area contributed by atoms with Crippen molar-refractivity contribution >= 4 is 34.4 Å². The molecule has 0 radical (unpaired) electrons. The van der Waals surface area contributed by atoms with Gasteiger partial charge in [0.15, 0.2) is 0 Å². The minimum Gasteiger partial charge on any atom is -0.354 e. The molecule has 0 atom stereocenters. The Kier molecular flexibility index (Phi) is 5.05. The smallest absolute Gasteiger partial charge is 0.103 e. The van der Waals surface area contributed by atoms with Crippen LogP contribution in [0.4, 0.5) is 11.4 Å². The van der Waals surface area contributed by atoms with Crippen LogP contribution in [0.3, 0.4) is 0 Å². The monoisotopic (exact) mass is 376 g/mol. The molecule has 4 nitrogen and oxygen atoms in total. The zero-order valence-corrected chi connectivity index (χ0v) is 16.3. The molecule has 4 heteroatoms. The van der Waals surface area contributed by atoms with E-state index in [2.05, 4.69) is 47.3 Å². The van der Waals surface area contributed by atoms with Gasteiger partial charge in [-0.25, -0.2) is 0 Å². The van der Waals surface area contributed by atoms with Crippen LogP contribution in [0, 0.1) is 25.2 Å².